The number of amides is 1. The zero-order valence-electron chi connectivity index (χ0n) is 14.9. The second-order valence-corrected chi connectivity index (χ2v) is 8.20. The van der Waals surface area contributed by atoms with Crippen molar-refractivity contribution in [3.8, 4) is 0 Å². The second kappa shape index (κ2) is 8.46. The molecule has 1 aliphatic heterocycles. The van der Waals surface area contributed by atoms with E-state index >= 15 is 0 Å². The predicted octanol–water partition coefficient (Wildman–Crippen LogP) is 2.01. The first kappa shape index (κ1) is 19.9. The molecule has 1 N–H and O–H groups in total. The van der Waals surface area contributed by atoms with Gasteiger partial charge < -0.3 is 10.1 Å². The number of rotatable bonds is 6. The number of nitrogens with one attached hydrogen (secondary N) is 1. The number of hydrogen-bond donors (Lipinski definition) is 1. The van der Waals surface area contributed by atoms with Gasteiger partial charge in [-0.05, 0) is 23.8 Å². The summed E-state index contributed by atoms with van der Waals surface area (Å²) in [7, 11) is -3.44. The van der Waals surface area contributed by atoms with Crippen molar-refractivity contribution in [3.05, 3.63) is 69.8 Å². The van der Waals surface area contributed by atoms with Gasteiger partial charge in [0.1, 0.15) is 0 Å². The molecule has 1 fully saturated rings. The third-order valence-corrected chi connectivity index (χ3v) is 6.09. The van der Waals surface area contributed by atoms with E-state index in [1.54, 1.807) is 18.2 Å². The zero-order valence-corrected chi connectivity index (χ0v) is 15.7. The molecule has 0 aliphatic carbocycles. The molecule has 0 radical (unpaired) electrons. The summed E-state index contributed by atoms with van der Waals surface area (Å²) in [6.45, 7) is 1.45. The van der Waals surface area contributed by atoms with E-state index in [1.165, 1.54) is 34.6 Å². The Bertz CT molecular complexity index is 969. The van der Waals surface area contributed by atoms with E-state index in [0.29, 0.717) is 43.1 Å². The number of benzene rings is 2. The summed E-state index contributed by atoms with van der Waals surface area (Å²) in [5, 5.41) is 13.4. The molecule has 1 amide bonds. The minimum Gasteiger partial charge on any atom is -0.379 e. The van der Waals surface area contributed by atoms with E-state index in [9.17, 15) is 23.3 Å². The van der Waals surface area contributed by atoms with Crippen molar-refractivity contribution in [3.63, 3.8) is 0 Å². The van der Waals surface area contributed by atoms with Gasteiger partial charge in [-0.2, -0.15) is 4.31 Å². The Kier molecular flexibility index (Phi) is 6.02. The Labute approximate surface area is 162 Å². The maximum Gasteiger partial charge on any atom is 0.271 e. The Hall–Kier alpha value is -2.82. The quantitative estimate of drug-likeness (QED) is 0.580. The molecule has 2 aromatic rings. The number of carbonyl (C=O) groups is 1. The SMILES string of the molecule is O=C(Nc1cccc([N+](=O)[O-])c1)c1ccc(CS(=O)(=O)N2CCOCC2)cc1. The van der Waals surface area contributed by atoms with Crippen molar-refractivity contribution in [2.45, 2.75) is 5.75 Å². The summed E-state index contributed by atoms with van der Waals surface area (Å²) in [6, 6.07) is 11.8. The number of nitro groups is 1. The number of nitro benzene ring substituents is 1. The van der Waals surface area contributed by atoms with Crippen molar-refractivity contribution in [1.29, 1.82) is 0 Å². The van der Waals surface area contributed by atoms with E-state index in [2.05, 4.69) is 5.32 Å². The van der Waals surface area contributed by atoms with Crippen molar-refractivity contribution in [2.24, 2.45) is 0 Å². The van der Waals surface area contributed by atoms with Gasteiger partial charge in [0.05, 0.1) is 23.9 Å². The monoisotopic (exact) mass is 405 g/mol. The lowest BCUT2D eigenvalue weighted by atomic mass is 10.1. The minimum atomic E-state index is -3.44. The molecule has 28 heavy (non-hydrogen) atoms. The number of ether oxygens (including phenoxy) is 1. The van der Waals surface area contributed by atoms with Crippen LogP contribution in [0.5, 0.6) is 0 Å². The molecule has 1 heterocycles. The number of nitrogens with zero attached hydrogens (tertiary/aromatic N) is 2. The van der Waals surface area contributed by atoms with Crippen LogP contribution in [0.3, 0.4) is 0 Å². The van der Waals surface area contributed by atoms with Crippen LogP contribution >= 0.6 is 0 Å². The molecule has 148 valence electrons. The highest BCUT2D eigenvalue weighted by Gasteiger charge is 2.24. The molecule has 1 saturated heterocycles. The van der Waals surface area contributed by atoms with Crippen molar-refractivity contribution in [2.75, 3.05) is 31.6 Å². The van der Waals surface area contributed by atoms with Crippen molar-refractivity contribution >= 4 is 27.3 Å². The first-order valence-corrected chi connectivity index (χ1v) is 10.2. The molecule has 0 spiro atoms. The molecule has 0 bridgehead atoms. The van der Waals surface area contributed by atoms with E-state index in [-0.39, 0.29) is 11.4 Å². The highest BCUT2D eigenvalue weighted by Crippen LogP contribution is 2.18. The largest absolute Gasteiger partial charge is 0.379 e. The number of anilines is 1. The molecule has 3 rings (SSSR count). The van der Waals surface area contributed by atoms with Crippen LogP contribution in [-0.2, 0) is 20.5 Å². The van der Waals surface area contributed by atoms with Crippen LogP contribution in [0.25, 0.3) is 0 Å². The Morgan fingerprint density at radius 1 is 1.14 bits per heavy atom. The Morgan fingerprint density at radius 3 is 2.46 bits per heavy atom. The zero-order chi connectivity index (χ0) is 20.1. The van der Waals surface area contributed by atoms with Crippen LogP contribution in [0, 0.1) is 10.1 Å². The van der Waals surface area contributed by atoms with Crippen molar-refractivity contribution < 1.29 is 22.9 Å². The summed E-state index contributed by atoms with van der Waals surface area (Å²) in [5.74, 6) is -0.595. The number of morpholine rings is 1. The average Bonchev–Trinajstić information content (AvgIpc) is 2.69. The van der Waals surface area contributed by atoms with Gasteiger partial charge in [0, 0.05) is 36.5 Å². The summed E-state index contributed by atoms with van der Waals surface area (Å²) in [4.78, 5) is 22.6. The fourth-order valence-electron chi connectivity index (χ4n) is 2.78. The van der Waals surface area contributed by atoms with Gasteiger partial charge in [-0.3, -0.25) is 14.9 Å². The first-order chi connectivity index (χ1) is 13.3. The summed E-state index contributed by atoms with van der Waals surface area (Å²) in [5.41, 5.74) is 1.07. The van der Waals surface area contributed by atoms with Gasteiger partial charge in [0.25, 0.3) is 11.6 Å². The van der Waals surface area contributed by atoms with Crippen molar-refractivity contribution in [1.82, 2.24) is 4.31 Å². The van der Waals surface area contributed by atoms with Crippen LogP contribution in [0.2, 0.25) is 0 Å². The van der Waals surface area contributed by atoms with Gasteiger partial charge in [0.2, 0.25) is 10.0 Å². The molecule has 2 aromatic carbocycles. The average molecular weight is 405 g/mol. The summed E-state index contributed by atoms with van der Waals surface area (Å²) < 4.78 is 31.4. The fraction of sp³-hybridized carbons (Fsp3) is 0.278. The van der Waals surface area contributed by atoms with E-state index in [1.807, 2.05) is 0 Å². The number of sulfonamides is 1. The van der Waals surface area contributed by atoms with Gasteiger partial charge >= 0.3 is 0 Å². The topological polar surface area (TPSA) is 119 Å². The smallest absolute Gasteiger partial charge is 0.271 e. The first-order valence-electron chi connectivity index (χ1n) is 8.55. The lowest BCUT2D eigenvalue weighted by molar-refractivity contribution is -0.384. The van der Waals surface area contributed by atoms with Crippen LogP contribution in [0.15, 0.2) is 48.5 Å². The van der Waals surface area contributed by atoms with Gasteiger partial charge in [-0.15, -0.1) is 0 Å². The summed E-state index contributed by atoms with van der Waals surface area (Å²) >= 11 is 0. The maximum absolute atomic E-state index is 12.4. The molecule has 9 nitrogen and oxygen atoms in total. The molecule has 10 heteroatoms. The normalized spacial score (nSPS) is 15.1. The minimum absolute atomic E-state index is 0.124. The second-order valence-electron chi connectivity index (χ2n) is 6.23. The van der Waals surface area contributed by atoms with E-state index in [0.717, 1.165) is 0 Å². The molecular formula is C18H19N3O6S. The highest BCUT2D eigenvalue weighted by molar-refractivity contribution is 7.88. The summed E-state index contributed by atoms with van der Waals surface area (Å²) in [6.07, 6.45) is 0. The molecule has 0 unspecified atom stereocenters. The lowest BCUT2D eigenvalue weighted by Crippen LogP contribution is -2.41. The van der Waals surface area contributed by atoms with Crippen LogP contribution < -0.4 is 5.32 Å². The van der Waals surface area contributed by atoms with Gasteiger partial charge in [-0.25, -0.2) is 8.42 Å². The Morgan fingerprint density at radius 2 is 1.82 bits per heavy atom. The number of non-ortho nitro benzene ring substituents is 1. The standard InChI is InChI=1S/C18H19N3O6S/c22-18(19-16-2-1-3-17(12-16)21(23)24)15-6-4-14(5-7-15)13-28(25,26)20-8-10-27-11-9-20/h1-7,12H,8-11,13H2,(H,19,22). The maximum atomic E-state index is 12.4. The highest BCUT2D eigenvalue weighted by atomic mass is 32.2. The number of carbonyl (C=O) groups excluding carboxylic acids is 1. The van der Waals surface area contributed by atoms with Crippen LogP contribution in [0.4, 0.5) is 11.4 Å². The molecule has 1 aliphatic rings. The van der Waals surface area contributed by atoms with E-state index < -0.39 is 20.9 Å². The predicted molar refractivity (Wildman–Crippen MR) is 103 cm³/mol. The third kappa shape index (κ3) is 4.91. The van der Waals surface area contributed by atoms with Crippen LogP contribution in [0.1, 0.15) is 15.9 Å². The van der Waals surface area contributed by atoms with Gasteiger partial charge in [-0.1, -0.05) is 18.2 Å². The van der Waals surface area contributed by atoms with E-state index in [4.69, 9.17) is 4.74 Å². The fourth-order valence-corrected chi connectivity index (χ4v) is 4.28. The lowest BCUT2D eigenvalue weighted by Gasteiger charge is -2.26. The number of hydrogen-bond acceptors (Lipinski definition) is 6. The molecule has 0 atom stereocenters. The Balaban J connectivity index is 1.66. The molecule has 0 saturated carbocycles. The molecular weight excluding hydrogens is 386 g/mol. The van der Waals surface area contributed by atoms with Crippen LogP contribution in [-0.4, -0.2) is 49.9 Å². The van der Waals surface area contributed by atoms with Gasteiger partial charge in [0.15, 0.2) is 0 Å². The third-order valence-electron chi connectivity index (χ3n) is 4.24. The molecule has 0 aromatic heterocycles.